The number of hydrogen-bond acceptors (Lipinski definition) is 5. The van der Waals surface area contributed by atoms with Crippen LogP contribution in [-0.4, -0.2) is 51.2 Å². The van der Waals surface area contributed by atoms with Crippen molar-refractivity contribution < 1.29 is 23.8 Å². The second kappa shape index (κ2) is 10.3. The van der Waals surface area contributed by atoms with Crippen molar-refractivity contribution >= 4 is 11.9 Å². The molecule has 0 aliphatic heterocycles. The molecular weight excluding hydrogens is 358 g/mol. The summed E-state index contributed by atoms with van der Waals surface area (Å²) < 4.78 is 15.4. The number of carbonyl (C=O) groups excluding carboxylic acids is 2. The number of methoxy groups -OCH3 is 3. The Hall–Kier alpha value is -3.02. The standard InChI is InChI=1S/C22H27NO5/c1-16(22(25)28-4)15-23(13-12-17-8-6-5-7-9-17)21(24)18-10-11-19(26-2)20(14-18)27-3/h5-11,14,16H,12-13,15H2,1-4H3. The smallest absolute Gasteiger partial charge is 0.310 e. The Bertz CT molecular complexity index is 791. The maximum atomic E-state index is 13.2. The van der Waals surface area contributed by atoms with Gasteiger partial charge >= 0.3 is 5.97 Å². The van der Waals surface area contributed by atoms with E-state index in [0.717, 1.165) is 5.56 Å². The first kappa shape index (κ1) is 21.3. The third kappa shape index (κ3) is 5.49. The van der Waals surface area contributed by atoms with E-state index in [0.29, 0.717) is 30.0 Å². The minimum absolute atomic E-state index is 0.173. The zero-order valence-corrected chi connectivity index (χ0v) is 16.8. The van der Waals surface area contributed by atoms with Gasteiger partial charge in [0.2, 0.25) is 0 Å². The van der Waals surface area contributed by atoms with Gasteiger partial charge in [-0.15, -0.1) is 0 Å². The molecule has 28 heavy (non-hydrogen) atoms. The fourth-order valence-corrected chi connectivity index (χ4v) is 2.94. The van der Waals surface area contributed by atoms with Crippen molar-refractivity contribution in [2.75, 3.05) is 34.4 Å². The minimum Gasteiger partial charge on any atom is -0.493 e. The first-order valence-corrected chi connectivity index (χ1v) is 9.13. The topological polar surface area (TPSA) is 65.1 Å². The number of ether oxygens (including phenoxy) is 3. The van der Waals surface area contributed by atoms with Crippen LogP contribution in [-0.2, 0) is 16.0 Å². The molecule has 0 fully saturated rings. The van der Waals surface area contributed by atoms with Crippen LogP contribution < -0.4 is 9.47 Å². The van der Waals surface area contributed by atoms with Gasteiger partial charge in [0.25, 0.3) is 5.91 Å². The maximum absolute atomic E-state index is 13.2. The van der Waals surface area contributed by atoms with Crippen LogP contribution in [0, 0.1) is 5.92 Å². The normalized spacial score (nSPS) is 11.4. The molecule has 0 spiro atoms. The molecule has 0 N–H and O–H groups in total. The van der Waals surface area contributed by atoms with E-state index in [4.69, 9.17) is 14.2 Å². The van der Waals surface area contributed by atoms with E-state index in [1.54, 1.807) is 37.1 Å². The van der Waals surface area contributed by atoms with E-state index < -0.39 is 5.92 Å². The molecule has 2 aromatic carbocycles. The van der Waals surface area contributed by atoms with Gasteiger partial charge in [0.1, 0.15) is 0 Å². The fraction of sp³-hybridized carbons (Fsp3) is 0.364. The number of hydrogen-bond donors (Lipinski definition) is 0. The number of amides is 1. The van der Waals surface area contributed by atoms with Gasteiger partial charge in [-0.1, -0.05) is 37.3 Å². The summed E-state index contributed by atoms with van der Waals surface area (Å²) in [5.74, 6) is 0.0949. The monoisotopic (exact) mass is 385 g/mol. The Morgan fingerprint density at radius 2 is 1.64 bits per heavy atom. The minimum atomic E-state index is -0.426. The Morgan fingerprint density at radius 3 is 2.25 bits per heavy atom. The zero-order valence-electron chi connectivity index (χ0n) is 16.8. The number of rotatable bonds is 9. The third-order valence-corrected chi connectivity index (χ3v) is 4.53. The molecule has 1 unspecified atom stereocenters. The summed E-state index contributed by atoms with van der Waals surface area (Å²) in [6, 6.07) is 15.0. The van der Waals surface area contributed by atoms with Crippen LogP contribution in [0.2, 0.25) is 0 Å². The van der Waals surface area contributed by atoms with Crippen LogP contribution in [0.3, 0.4) is 0 Å². The molecular formula is C22H27NO5. The summed E-state index contributed by atoms with van der Waals surface area (Å²) in [6.07, 6.45) is 0.688. The molecule has 0 aliphatic rings. The number of benzene rings is 2. The highest BCUT2D eigenvalue weighted by Crippen LogP contribution is 2.28. The Labute approximate surface area is 166 Å². The van der Waals surface area contributed by atoms with Gasteiger partial charge in [-0.3, -0.25) is 9.59 Å². The molecule has 6 nitrogen and oxygen atoms in total. The van der Waals surface area contributed by atoms with Gasteiger partial charge in [0, 0.05) is 18.7 Å². The van der Waals surface area contributed by atoms with Crippen molar-refractivity contribution in [2.24, 2.45) is 5.92 Å². The van der Waals surface area contributed by atoms with Gasteiger partial charge in [0.15, 0.2) is 11.5 Å². The Balaban J connectivity index is 2.23. The maximum Gasteiger partial charge on any atom is 0.310 e. The van der Waals surface area contributed by atoms with Gasteiger partial charge < -0.3 is 19.1 Å². The van der Waals surface area contributed by atoms with E-state index in [1.807, 2.05) is 30.3 Å². The lowest BCUT2D eigenvalue weighted by Gasteiger charge is -2.25. The van der Waals surface area contributed by atoms with Gasteiger partial charge in [-0.05, 0) is 30.2 Å². The largest absolute Gasteiger partial charge is 0.493 e. The van der Waals surface area contributed by atoms with E-state index in [9.17, 15) is 9.59 Å². The first-order valence-electron chi connectivity index (χ1n) is 9.13. The van der Waals surface area contributed by atoms with E-state index in [2.05, 4.69) is 0 Å². The van der Waals surface area contributed by atoms with E-state index in [1.165, 1.54) is 14.2 Å². The van der Waals surface area contributed by atoms with Crippen LogP contribution in [0.4, 0.5) is 0 Å². The van der Waals surface area contributed by atoms with Gasteiger partial charge in [-0.25, -0.2) is 0 Å². The molecule has 2 rings (SSSR count). The molecule has 0 aromatic heterocycles. The predicted octanol–water partition coefficient (Wildman–Crippen LogP) is 3.20. The Morgan fingerprint density at radius 1 is 0.964 bits per heavy atom. The average Bonchev–Trinajstić information content (AvgIpc) is 2.75. The highest BCUT2D eigenvalue weighted by molar-refractivity contribution is 5.95. The summed E-state index contributed by atoms with van der Waals surface area (Å²) >= 11 is 0. The third-order valence-electron chi connectivity index (χ3n) is 4.53. The lowest BCUT2D eigenvalue weighted by molar-refractivity contribution is -0.145. The molecule has 1 atom stereocenters. The van der Waals surface area contributed by atoms with Crippen molar-refractivity contribution in [1.29, 1.82) is 0 Å². The van der Waals surface area contributed by atoms with Crippen molar-refractivity contribution in [3.8, 4) is 11.5 Å². The second-order valence-electron chi connectivity index (χ2n) is 6.48. The van der Waals surface area contributed by atoms with Crippen molar-refractivity contribution in [3.05, 3.63) is 59.7 Å². The van der Waals surface area contributed by atoms with E-state index in [-0.39, 0.29) is 18.4 Å². The van der Waals surface area contributed by atoms with Crippen LogP contribution in [0.1, 0.15) is 22.8 Å². The molecule has 150 valence electrons. The lowest BCUT2D eigenvalue weighted by atomic mass is 10.1. The molecule has 1 amide bonds. The molecule has 0 saturated heterocycles. The number of esters is 1. The number of carbonyl (C=O) groups is 2. The first-order chi connectivity index (χ1) is 13.5. The summed E-state index contributed by atoms with van der Waals surface area (Å²) in [6.45, 7) is 2.51. The van der Waals surface area contributed by atoms with Crippen molar-refractivity contribution in [1.82, 2.24) is 4.90 Å². The summed E-state index contributed by atoms with van der Waals surface area (Å²) in [5, 5.41) is 0. The van der Waals surface area contributed by atoms with Crippen LogP contribution >= 0.6 is 0 Å². The molecule has 0 bridgehead atoms. The summed E-state index contributed by atoms with van der Waals surface area (Å²) in [7, 11) is 4.42. The molecule has 0 aliphatic carbocycles. The molecule has 0 saturated carbocycles. The van der Waals surface area contributed by atoms with Gasteiger partial charge in [-0.2, -0.15) is 0 Å². The molecule has 2 aromatic rings. The van der Waals surface area contributed by atoms with Crippen LogP contribution in [0.5, 0.6) is 11.5 Å². The highest BCUT2D eigenvalue weighted by Gasteiger charge is 2.23. The lowest BCUT2D eigenvalue weighted by Crippen LogP contribution is -2.38. The van der Waals surface area contributed by atoms with E-state index >= 15 is 0 Å². The molecule has 0 radical (unpaired) electrons. The SMILES string of the molecule is COC(=O)C(C)CN(CCc1ccccc1)C(=O)c1ccc(OC)c(OC)c1. The quantitative estimate of drug-likeness (QED) is 0.620. The predicted molar refractivity (Wildman–Crippen MR) is 107 cm³/mol. The zero-order chi connectivity index (χ0) is 20.5. The van der Waals surface area contributed by atoms with Crippen molar-refractivity contribution in [3.63, 3.8) is 0 Å². The van der Waals surface area contributed by atoms with Crippen LogP contribution in [0.15, 0.2) is 48.5 Å². The van der Waals surface area contributed by atoms with Crippen molar-refractivity contribution in [2.45, 2.75) is 13.3 Å². The molecule has 0 heterocycles. The summed E-state index contributed by atoms with van der Waals surface area (Å²) in [4.78, 5) is 26.7. The second-order valence-corrected chi connectivity index (χ2v) is 6.48. The van der Waals surface area contributed by atoms with Gasteiger partial charge in [0.05, 0.1) is 27.2 Å². The summed E-state index contributed by atoms with van der Waals surface area (Å²) in [5.41, 5.74) is 1.60. The molecule has 6 heteroatoms. The Kier molecular flexibility index (Phi) is 7.87. The highest BCUT2D eigenvalue weighted by atomic mass is 16.5. The number of nitrogens with zero attached hydrogens (tertiary/aromatic N) is 1. The average molecular weight is 385 g/mol. The fourth-order valence-electron chi connectivity index (χ4n) is 2.94. The van der Waals surface area contributed by atoms with Crippen LogP contribution in [0.25, 0.3) is 0 Å².